The Labute approximate surface area is 124 Å². The van der Waals surface area contributed by atoms with Crippen LogP contribution >= 0.6 is 0 Å². The molecule has 0 atom stereocenters. The topological polar surface area (TPSA) is 9.23 Å². The quantitative estimate of drug-likeness (QED) is 0.464. The standard InChI is InChI=1S/C19H28O/c1-5-20-13-12-16(2)8-6-9-17(3)14-19-11-7-10-18(4)15-19/h7,9-12,15H,5-6,8,13-14H2,1-4H3/b16-12+,17-9+. The maximum Gasteiger partial charge on any atom is 0.0649 e. The Bertz CT molecular complexity index is 455. The Morgan fingerprint density at radius 3 is 2.65 bits per heavy atom. The van der Waals surface area contributed by atoms with Gasteiger partial charge < -0.3 is 4.74 Å². The molecule has 0 aliphatic carbocycles. The lowest BCUT2D eigenvalue weighted by molar-refractivity contribution is 0.177. The molecule has 0 aliphatic rings. The predicted octanol–water partition coefficient (Wildman–Crippen LogP) is 5.25. The summed E-state index contributed by atoms with van der Waals surface area (Å²) in [6.07, 6.45) is 7.85. The molecule has 0 radical (unpaired) electrons. The third-order valence-electron chi connectivity index (χ3n) is 3.35. The molecule has 1 aromatic carbocycles. The molecule has 0 amide bonds. The molecule has 0 saturated carbocycles. The van der Waals surface area contributed by atoms with Crippen LogP contribution in [0.25, 0.3) is 0 Å². The molecule has 0 aromatic heterocycles. The molecule has 1 nitrogen and oxygen atoms in total. The fourth-order valence-corrected chi connectivity index (χ4v) is 2.18. The van der Waals surface area contributed by atoms with Crippen LogP contribution in [0.4, 0.5) is 0 Å². The molecule has 0 N–H and O–H groups in total. The second-order valence-electron chi connectivity index (χ2n) is 5.46. The summed E-state index contributed by atoms with van der Waals surface area (Å²) in [6, 6.07) is 8.76. The third-order valence-corrected chi connectivity index (χ3v) is 3.35. The van der Waals surface area contributed by atoms with Crippen LogP contribution in [0.2, 0.25) is 0 Å². The zero-order chi connectivity index (χ0) is 14.8. The summed E-state index contributed by atoms with van der Waals surface area (Å²) in [7, 11) is 0. The molecule has 1 rings (SSSR count). The molecule has 0 heterocycles. The zero-order valence-corrected chi connectivity index (χ0v) is 13.4. The van der Waals surface area contributed by atoms with Crippen LogP contribution < -0.4 is 0 Å². The van der Waals surface area contributed by atoms with E-state index < -0.39 is 0 Å². The van der Waals surface area contributed by atoms with Gasteiger partial charge in [-0.3, -0.25) is 0 Å². The highest BCUT2D eigenvalue weighted by Crippen LogP contribution is 2.12. The van der Waals surface area contributed by atoms with Gasteiger partial charge in [0.05, 0.1) is 6.61 Å². The van der Waals surface area contributed by atoms with E-state index in [-0.39, 0.29) is 0 Å². The van der Waals surface area contributed by atoms with Gasteiger partial charge in [-0.1, -0.05) is 53.1 Å². The van der Waals surface area contributed by atoms with Gasteiger partial charge in [-0.25, -0.2) is 0 Å². The number of hydrogen-bond donors (Lipinski definition) is 0. The first-order valence-electron chi connectivity index (χ1n) is 7.56. The van der Waals surface area contributed by atoms with Gasteiger partial charge in [0, 0.05) is 6.61 Å². The first-order chi connectivity index (χ1) is 9.61. The summed E-state index contributed by atoms with van der Waals surface area (Å²) in [5, 5.41) is 0. The van der Waals surface area contributed by atoms with E-state index in [1.54, 1.807) is 0 Å². The van der Waals surface area contributed by atoms with E-state index in [2.05, 4.69) is 57.2 Å². The maximum absolute atomic E-state index is 5.33. The van der Waals surface area contributed by atoms with Gasteiger partial charge in [-0.05, 0) is 52.5 Å². The van der Waals surface area contributed by atoms with E-state index >= 15 is 0 Å². The SMILES string of the molecule is CCOC/C=C(\C)CC/C=C(\C)Cc1cccc(C)c1. The summed E-state index contributed by atoms with van der Waals surface area (Å²) in [5.74, 6) is 0. The van der Waals surface area contributed by atoms with E-state index in [0.29, 0.717) is 0 Å². The number of ether oxygens (including phenoxy) is 1. The fourth-order valence-electron chi connectivity index (χ4n) is 2.18. The molecule has 110 valence electrons. The summed E-state index contributed by atoms with van der Waals surface area (Å²) in [4.78, 5) is 0. The van der Waals surface area contributed by atoms with E-state index in [4.69, 9.17) is 4.74 Å². The maximum atomic E-state index is 5.33. The average molecular weight is 272 g/mol. The van der Waals surface area contributed by atoms with Crippen molar-refractivity contribution in [3.05, 3.63) is 58.7 Å². The minimum absolute atomic E-state index is 0.744. The summed E-state index contributed by atoms with van der Waals surface area (Å²) in [6.45, 7) is 10.1. The lowest BCUT2D eigenvalue weighted by Gasteiger charge is -2.04. The summed E-state index contributed by atoms with van der Waals surface area (Å²) >= 11 is 0. The van der Waals surface area contributed by atoms with Crippen LogP contribution in [0.5, 0.6) is 0 Å². The van der Waals surface area contributed by atoms with Crippen LogP contribution in [0, 0.1) is 6.92 Å². The molecule has 0 saturated heterocycles. The van der Waals surface area contributed by atoms with Crippen LogP contribution in [0.3, 0.4) is 0 Å². The molecule has 0 aliphatic heterocycles. The minimum atomic E-state index is 0.744. The normalized spacial score (nSPS) is 12.8. The Kier molecular flexibility index (Phi) is 7.98. The van der Waals surface area contributed by atoms with Crippen LogP contribution in [-0.4, -0.2) is 13.2 Å². The van der Waals surface area contributed by atoms with Crippen molar-refractivity contribution in [1.82, 2.24) is 0 Å². The molecule has 0 spiro atoms. The highest BCUT2D eigenvalue weighted by atomic mass is 16.5. The van der Waals surface area contributed by atoms with Crippen molar-refractivity contribution in [2.24, 2.45) is 0 Å². The number of hydrogen-bond acceptors (Lipinski definition) is 1. The molecular weight excluding hydrogens is 244 g/mol. The largest absolute Gasteiger partial charge is 0.378 e. The Morgan fingerprint density at radius 1 is 1.15 bits per heavy atom. The van der Waals surface area contributed by atoms with Crippen molar-refractivity contribution in [3.63, 3.8) is 0 Å². The Morgan fingerprint density at radius 2 is 1.95 bits per heavy atom. The molecular formula is C19H28O. The van der Waals surface area contributed by atoms with E-state index in [9.17, 15) is 0 Å². The minimum Gasteiger partial charge on any atom is -0.378 e. The highest BCUT2D eigenvalue weighted by molar-refractivity contribution is 5.26. The Hall–Kier alpha value is -1.34. The number of rotatable bonds is 8. The monoisotopic (exact) mass is 272 g/mol. The molecule has 0 fully saturated rings. The van der Waals surface area contributed by atoms with Crippen molar-refractivity contribution < 1.29 is 4.74 Å². The molecule has 20 heavy (non-hydrogen) atoms. The van der Waals surface area contributed by atoms with Crippen molar-refractivity contribution in [3.8, 4) is 0 Å². The highest BCUT2D eigenvalue weighted by Gasteiger charge is 1.96. The van der Waals surface area contributed by atoms with Crippen molar-refractivity contribution in [2.75, 3.05) is 13.2 Å². The fraction of sp³-hybridized carbons (Fsp3) is 0.474. The summed E-state index contributed by atoms with van der Waals surface area (Å²) < 4.78 is 5.33. The third kappa shape index (κ3) is 7.30. The van der Waals surface area contributed by atoms with E-state index in [0.717, 1.165) is 32.5 Å². The summed E-state index contributed by atoms with van der Waals surface area (Å²) in [5.41, 5.74) is 5.61. The van der Waals surface area contributed by atoms with Gasteiger partial charge in [0.2, 0.25) is 0 Å². The van der Waals surface area contributed by atoms with Gasteiger partial charge in [-0.15, -0.1) is 0 Å². The second kappa shape index (κ2) is 9.55. The lowest BCUT2D eigenvalue weighted by Crippen LogP contribution is -1.91. The van der Waals surface area contributed by atoms with Gasteiger partial charge in [0.1, 0.15) is 0 Å². The first-order valence-corrected chi connectivity index (χ1v) is 7.56. The Balaban J connectivity index is 2.36. The average Bonchev–Trinajstić information content (AvgIpc) is 2.39. The smallest absolute Gasteiger partial charge is 0.0649 e. The van der Waals surface area contributed by atoms with Crippen molar-refractivity contribution >= 4 is 0 Å². The van der Waals surface area contributed by atoms with Gasteiger partial charge in [-0.2, -0.15) is 0 Å². The molecule has 1 heteroatoms. The predicted molar refractivity (Wildman–Crippen MR) is 88.1 cm³/mol. The molecule has 0 unspecified atom stereocenters. The molecule has 1 aromatic rings. The van der Waals surface area contributed by atoms with Crippen molar-refractivity contribution in [2.45, 2.75) is 47.0 Å². The number of benzene rings is 1. The van der Waals surface area contributed by atoms with Gasteiger partial charge >= 0.3 is 0 Å². The van der Waals surface area contributed by atoms with Gasteiger partial charge in [0.25, 0.3) is 0 Å². The van der Waals surface area contributed by atoms with Crippen LogP contribution in [-0.2, 0) is 11.2 Å². The van der Waals surface area contributed by atoms with Crippen LogP contribution in [0.15, 0.2) is 47.6 Å². The first kappa shape index (κ1) is 16.7. The van der Waals surface area contributed by atoms with Crippen molar-refractivity contribution in [1.29, 1.82) is 0 Å². The number of allylic oxidation sites excluding steroid dienone is 3. The van der Waals surface area contributed by atoms with Crippen LogP contribution in [0.1, 0.15) is 44.7 Å². The molecule has 0 bridgehead atoms. The van der Waals surface area contributed by atoms with E-state index in [1.807, 2.05) is 6.92 Å². The second-order valence-corrected chi connectivity index (χ2v) is 5.46. The lowest BCUT2D eigenvalue weighted by atomic mass is 10.0. The van der Waals surface area contributed by atoms with Gasteiger partial charge in [0.15, 0.2) is 0 Å². The van der Waals surface area contributed by atoms with E-state index in [1.165, 1.54) is 22.3 Å². The number of aryl methyl sites for hydroxylation is 1. The zero-order valence-electron chi connectivity index (χ0n) is 13.4.